The van der Waals surface area contributed by atoms with E-state index in [0.29, 0.717) is 0 Å². The van der Waals surface area contributed by atoms with Gasteiger partial charge < -0.3 is 9.84 Å². The van der Waals surface area contributed by atoms with Crippen molar-refractivity contribution >= 4 is 5.97 Å². The van der Waals surface area contributed by atoms with Gasteiger partial charge in [-0.3, -0.25) is 4.79 Å². The van der Waals surface area contributed by atoms with Gasteiger partial charge in [-0.1, -0.05) is 6.07 Å². The van der Waals surface area contributed by atoms with Crippen LogP contribution in [0.5, 0.6) is 5.75 Å². The number of ether oxygens (including phenoxy) is 1. The van der Waals surface area contributed by atoms with Gasteiger partial charge >= 0.3 is 5.97 Å². The minimum atomic E-state index is -0.732. The summed E-state index contributed by atoms with van der Waals surface area (Å²) in [5, 5.41) is 9.11. The van der Waals surface area contributed by atoms with Crippen LogP contribution in [-0.4, -0.2) is 18.2 Å². The molecule has 0 bridgehead atoms. The SMILES string of the molecule is COc1ccc2c(c1)C(C(=O)O)CCC2. The third kappa shape index (κ3) is 1.82. The van der Waals surface area contributed by atoms with Gasteiger partial charge in [-0.25, -0.2) is 0 Å². The molecule has 1 N–H and O–H groups in total. The van der Waals surface area contributed by atoms with Crippen LogP contribution in [0.25, 0.3) is 0 Å². The fourth-order valence-corrected chi connectivity index (χ4v) is 2.16. The predicted octanol–water partition coefficient (Wildman–Crippen LogP) is 2.20. The molecule has 0 saturated heterocycles. The molecule has 0 saturated carbocycles. The molecule has 15 heavy (non-hydrogen) atoms. The summed E-state index contributed by atoms with van der Waals surface area (Å²) in [6.45, 7) is 0. The van der Waals surface area contributed by atoms with Gasteiger partial charge in [-0.2, -0.15) is 0 Å². The van der Waals surface area contributed by atoms with Gasteiger partial charge in [0.05, 0.1) is 13.0 Å². The van der Waals surface area contributed by atoms with Crippen LogP contribution in [0.4, 0.5) is 0 Å². The van der Waals surface area contributed by atoms with Gasteiger partial charge in [0.1, 0.15) is 5.75 Å². The molecule has 80 valence electrons. The number of benzene rings is 1. The number of aryl methyl sites for hydroxylation is 1. The Morgan fingerprint density at radius 3 is 3.00 bits per heavy atom. The van der Waals surface area contributed by atoms with Crippen LogP contribution in [0.2, 0.25) is 0 Å². The van der Waals surface area contributed by atoms with Crippen molar-refractivity contribution in [2.45, 2.75) is 25.2 Å². The number of carbonyl (C=O) groups is 1. The Labute approximate surface area is 88.7 Å². The van der Waals surface area contributed by atoms with Crippen molar-refractivity contribution < 1.29 is 14.6 Å². The second-order valence-corrected chi connectivity index (χ2v) is 3.85. The first-order chi connectivity index (χ1) is 7.22. The van der Waals surface area contributed by atoms with E-state index < -0.39 is 5.97 Å². The second-order valence-electron chi connectivity index (χ2n) is 3.85. The van der Waals surface area contributed by atoms with Crippen molar-refractivity contribution in [2.75, 3.05) is 7.11 Å². The van der Waals surface area contributed by atoms with Crippen LogP contribution < -0.4 is 4.74 Å². The summed E-state index contributed by atoms with van der Waals surface area (Å²) in [6.07, 6.45) is 2.66. The molecule has 1 aliphatic rings. The third-order valence-electron chi connectivity index (χ3n) is 2.97. The number of fused-ring (bicyclic) bond motifs is 1. The zero-order valence-electron chi connectivity index (χ0n) is 8.69. The summed E-state index contributed by atoms with van der Waals surface area (Å²) in [5.74, 6) is -0.352. The lowest BCUT2D eigenvalue weighted by Crippen LogP contribution is -2.17. The fraction of sp³-hybridized carbons (Fsp3) is 0.417. The van der Waals surface area contributed by atoms with Crippen molar-refractivity contribution in [2.24, 2.45) is 0 Å². The molecule has 3 heteroatoms. The Hall–Kier alpha value is -1.51. The Morgan fingerprint density at radius 1 is 1.53 bits per heavy atom. The van der Waals surface area contributed by atoms with Crippen molar-refractivity contribution in [1.29, 1.82) is 0 Å². The molecule has 0 aromatic heterocycles. The monoisotopic (exact) mass is 206 g/mol. The maximum absolute atomic E-state index is 11.1. The minimum absolute atomic E-state index is 0.358. The van der Waals surface area contributed by atoms with Gasteiger partial charge in [0.25, 0.3) is 0 Å². The lowest BCUT2D eigenvalue weighted by Gasteiger charge is -2.22. The summed E-state index contributed by atoms with van der Waals surface area (Å²) in [6, 6.07) is 5.72. The maximum Gasteiger partial charge on any atom is 0.310 e. The number of rotatable bonds is 2. The molecular formula is C12H14O3. The number of methoxy groups -OCH3 is 1. The summed E-state index contributed by atoms with van der Waals surface area (Å²) in [4.78, 5) is 11.1. The molecule has 3 nitrogen and oxygen atoms in total. The number of carboxylic acid groups (broad SMARTS) is 1. The molecule has 0 heterocycles. The van der Waals surface area contributed by atoms with Crippen LogP contribution in [-0.2, 0) is 11.2 Å². The topological polar surface area (TPSA) is 46.5 Å². The molecular weight excluding hydrogens is 192 g/mol. The van der Waals surface area contributed by atoms with Crippen molar-refractivity contribution in [3.63, 3.8) is 0 Å². The van der Waals surface area contributed by atoms with Gasteiger partial charge in [0.2, 0.25) is 0 Å². The lowest BCUT2D eigenvalue weighted by molar-refractivity contribution is -0.139. The van der Waals surface area contributed by atoms with E-state index in [-0.39, 0.29) is 5.92 Å². The molecule has 1 aromatic carbocycles. The molecule has 1 aromatic rings. The Balaban J connectivity index is 2.43. The van der Waals surface area contributed by atoms with Crippen LogP contribution in [0, 0.1) is 0 Å². The summed E-state index contributed by atoms with van der Waals surface area (Å²) < 4.78 is 5.12. The van der Waals surface area contributed by atoms with Crippen molar-refractivity contribution in [3.05, 3.63) is 29.3 Å². The molecule has 0 aliphatic heterocycles. The quantitative estimate of drug-likeness (QED) is 0.806. The first-order valence-corrected chi connectivity index (χ1v) is 5.12. The van der Waals surface area contributed by atoms with Gasteiger partial charge in [-0.05, 0) is 42.5 Å². The largest absolute Gasteiger partial charge is 0.497 e. The highest BCUT2D eigenvalue weighted by Crippen LogP contribution is 2.34. The summed E-state index contributed by atoms with van der Waals surface area (Å²) in [7, 11) is 1.60. The van der Waals surface area contributed by atoms with E-state index in [0.717, 1.165) is 36.1 Å². The standard InChI is InChI=1S/C12H14O3/c1-15-9-6-5-8-3-2-4-10(12(13)14)11(8)7-9/h5-7,10H,2-4H2,1H3,(H,13,14). The van der Waals surface area contributed by atoms with E-state index in [1.54, 1.807) is 7.11 Å². The highest BCUT2D eigenvalue weighted by Gasteiger charge is 2.26. The molecule has 1 atom stereocenters. The zero-order chi connectivity index (χ0) is 10.8. The van der Waals surface area contributed by atoms with E-state index in [9.17, 15) is 4.79 Å². The Morgan fingerprint density at radius 2 is 2.33 bits per heavy atom. The minimum Gasteiger partial charge on any atom is -0.497 e. The summed E-state index contributed by atoms with van der Waals surface area (Å²) >= 11 is 0. The molecule has 1 unspecified atom stereocenters. The average molecular weight is 206 g/mol. The summed E-state index contributed by atoms with van der Waals surface area (Å²) in [5.41, 5.74) is 2.07. The third-order valence-corrected chi connectivity index (χ3v) is 2.97. The Kier molecular flexibility index (Phi) is 2.62. The van der Waals surface area contributed by atoms with Crippen molar-refractivity contribution in [1.82, 2.24) is 0 Å². The van der Waals surface area contributed by atoms with Gasteiger partial charge in [-0.15, -0.1) is 0 Å². The highest BCUT2D eigenvalue weighted by molar-refractivity contribution is 5.77. The average Bonchev–Trinajstić information content (AvgIpc) is 2.27. The first kappa shape index (κ1) is 10.0. The molecule has 0 amide bonds. The van der Waals surface area contributed by atoms with E-state index >= 15 is 0 Å². The molecule has 0 fully saturated rings. The van der Waals surface area contributed by atoms with E-state index in [1.165, 1.54) is 0 Å². The molecule has 1 aliphatic carbocycles. The second kappa shape index (κ2) is 3.93. The first-order valence-electron chi connectivity index (χ1n) is 5.12. The van der Waals surface area contributed by atoms with Gasteiger partial charge in [0, 0.05) is 0 Å². The molecule has 0 radical (unpaired) electrons. The van der Waals surface area contributed by atoms with E-state index in [2.05, 4.69) is 0 Å². The smallest absolute Gasteiger partial charge is 0.310 e. The van der Waals surface area contributed by atoms with E-state index in [1.807, 2.05) is 18.2 Å². The lowest BCUT2D eigenvalue weighted by atomic mass is 9.83. The predicted molar refractivity (Wildman–Crippen MR) is 56.3 cm³/mol. The highest BCUT2D eigenvalue weighted by atomic mass is 16.5. The van der Waals surface area contributed by atoms with Crippen LogP contribution in [0.3, 0.4) is 0 Å². The number of hydrogen-bond acceptors (Lipinski definition) is 2. The van der Waals surface area contributed by atoms with Crippen LogP contribution in [0.15, 0.2) is 18.2 Å². The molecule has 0 spiro atoms. The normalized spacial score (nSPS) is 19.4. The van der Waals surface area contributed by atoms with E-state index in [4.69, 9.17) is 9.84 Å². The van der Waals surface area contributed by atoms with Crippen LogP contribution >= 0.6 is 0 Å². The van der Waals surface area contributed by atoms with Crippen molar-refractivity contribution in [3.8, 4) is 5.75 Å². The number of carboxylic acids is 1. The number of hydrogen-bond donors (Lipinski definition) is 1. The number of aliphatic carboxylic acids is 1. The molecule has 2 rings (SSSR count). The zero-order valence-corrected chi connectivity index (χ0v) is 8.69. The fourth-order valence-electron chi connectivity index (χ4n) is 2.16. The van der Waals surface area contributed by atoms with Crippen LogP contribution in [0.1, 0.15) is 29.9 Å². The maximum atomic E-state index is 11.1. The Bertz CT molecular complexity index is 384. The van der Waals surface area contributed by atoms with Gasteiger partial charge in [0.15, 0.2) is 0 Å².